The SMILES string of the molecule is COC(=O)CC1CCN(C(=O)OC(C)(C)C)CC1=O. The van der Waals surface area contributed by atoms with E-state index in [0.717, 1.165) is 0 Å². The molecule has 1 amide bonds. The summed E-state index contributed by atoms with van der Waals surface area (Å²) in [6.07, 6.45) is 0.0577. The summed E-state index contributed by atoms with van der Waals surface area (Å²) in [4.78, 5) is 36.2. The van der Waals surface area contributed by atoms with E-state index in [2.05, 4.69) is 4.74 Å². The summed E-state index contributed by atoms with van der Waals surface area (Å²) in [6, 6.07) is 0. The highest BCUT2D eigenvalue weighted by Gasteiger charge is 2.33. The first-order valence-corrected chi connectivity index (χ1v) is 6.30. The van der Waals surface area contributed by atoms with E-state index in [1.54, 1.807) is 20.8 Å². The van der Waals surface area contributed by atoms with Crippen molar-refractivity contribution >= 4 is 17.8 Å². The van der Waals surface area contributed by atoms with Gasteiger partial charge < -0.3 is 14.4 Å². The van der Waals surface area contributed by atoms with Gasteiger partial charge in [0, 0.05) is 12.5 Å². The Balaban J connectivity index is 2.52. The Bertz CT molecular complexity index is 372. The fourth-order valence-electron chi connectivity index (χ4n) is 1.85. The van der Waals surface area contributed by atoms with Gasteiger partial charge in [0.1, 0.15) is 5.60 Å². The van der Waals surface area contributed by atoms with Crippen LogP contribution in [-0.2, 0) is 19.1 Å². The third kappa shape index (κ3) is 4.89. The number of methoxy groups -OCH3 is 1. The van der Waals surface area contributed by atoms with Gasteiger partial charge in [0.2, 0.25) is 0 Å². The number of hydrogen-bond donors (Lipinski definition) is 0. The number of ether oxygens (including phenoxy) is 2. The lowest BCUT2D eigenvalue weighted by molar-refractivity contribution is -0.144. The molecule has 0 aromatic rings. The second kappa shape index (κ2) is 6.04. The number of carbonyl (C=O) groups is 3. The van der Waals surface area contributed by atoms with Crippen molar-refractivity contribution in [3.8, 4) is 0 Å². The van der Waals surface area contributed by atoms with E-state index >= 15 is 0 Å². The van der Waals surface area contributed by atoms with Crippen molar-refractivity contribution in [3.63, 3.8) is 0 Å². The largest absolute Gasteiger partial charge is 0.469 e. The Hall–Kier alpha value is -1.59. The normalized spacial score (nSPS) is 20.1. The summed E-state index contributed by atoms with van der Waals surface area (Å²) in [5.74, 6) is -0.877. The lowest BCUT2D eigenvalue weighted by Crippen LogP contribution is -2.46. The minimum absolute atomic E-state index is 0.00340. The molecule has 1 aliphatic heterocycles. The van der Waals surface area contributed by atoms with Crippen molar-refractivity contribution in [2.24, 2.45) is 5.92 Å². The maximum atomic E-state index is 11.9. The molecule has 0 saturated carbocycles. The molecular formula is C13H21NO5. The van der Waals surface area contributed by atoms with Crippen LogP contribution >= 0.6 is 0 Å². The van der Waals surface area contributed by atoms with Crippen LogP contribution in [0.2, 0.25) is 0 Å². The van der Waals surface area contributed by atoms with E-state index in [0.29, 0.717) is 13.0 Å². The monoisotopic (exact) mass is 271 g/mol. The maximum Gasteiger partial charge on any atom is 0.410 e. The summed E-state index contributed by atoms with van der Waals surface area (Å²) in [6.45, 7) is 5.74. The zero-order chi connectivity index (χ0) is 14.6. The molecule has 1 fully saturated rings. The third-order valence-corrected chi connectivity index (χ3v) is 2.84. The summed E-state index contributed by atoms with van der Waals surface area (Å²) >= 11 is 0. The van der Waals surface area contributed by atoms with Crippen LogP contribution in [0.3, 0.4) is 0 Å². The summed E-state index contributed by atoms with van der Waals surface area (Å²) in [5, 5.41) is 0. The van der Waals surface area contributed by atoms with E-state index < -0.39 is 17.7 Å². The van der Waals surface area contributed by atoms with Gasteiger partial charge in [0.15, 0.2) is 5.78 Å². The summed E-state index contributed by atoms with van der Waals surface area (Å²) < 4.78 is 9.75. The molecule has 0 radical (unpaired) electrons. The van der Waals surface area contributed by atoms with Crippen LogP contribution < -0.4 is 0 Å². The molecule has 0 spiro atoms. The minimum Gasteiger partial charge on any atom is -0.469 e. The van der Waals surface area contributed by atoms with Crippen LogP contribution in [-0.4, -0.2) is 48.5 Å². The molecule has 0 bridgehead atoms. The van der Waals surface area contributed by atoms with Gasteiger partial charge in [-0.2, -0.15) is 0 Å². The number of nitrogens with zero attached hydrogens (tertiary/aromatic N) is 1. The van der Waals surface area contributed by atoms with E-state index in [4.69, 9.17) is 4.74 Å². The second-order valence-electron chi connectivity index (χ2n) is 5.63. The fourth-order valence-corrected chi connectivity index (χ4v) is 1.85. The number of carbonyl (C=O) groups excluding carboxylic acids is 3. The first-order valence-electron chi connectivity index (χ1n) is 6.30. The number of rotatable bonds is 2. The van der Waals surface area contributed by atoms with Gasteiger partial charge in [0.25, 0.3) is 0 Å². The topological polar surface area (TPSA) is 72.9 Å². The van der Waals surface area contributed by atoms with Crippen molar-refractivity contribution in [1.82, 2.24) is 4.90 Å². The van der Waals surface area contributed by atoms with Crippen molar-refractivity contribution in [3.05, 3.63) is 0 Å². The number of ketones is 1. The third-order valence-electron chi connectivity index (χ3n) is 2.84. The molecule has 0 aromatic carbocycles. The first-order chi connectivity index (χ1) is 8.73. The Morgan fingerprint density at radius 2 is 2.00 bits per heavy atom. The van der Waals surface area contributed by atoms with Crippen LogP contribution in [0.25, 0.3) is 0 Å². The number of amides is 1. The zero-order valence-electron chi connectivity index (χ0n) is 11.9. The summed E-state index contributed by atoms with van der Waals surface area (Å²) in [7, 11) is 1.29. The predicted octanol–water partition coefficient (Wildman–Crippen LogP) is 1.38. The van der Waals surface area contributed by atoms with Gasteiger partial charge >= 0.3 is 12.1 Å². The number of piperidine rings is 1. The van der Waals surface area contributed by atoms with E-state index in [1.165, 1.54) is 12.0 Å². The average molecular weight is 271 g/mol. The van der Waals surface area contributed by atoms with Gasteiger partial charge in [0.05, 0.1) is 20.1 Å². The average Bonchev–Trinajstić information content (AvgIpc) is 2.29. The van der Waals surface area contributed by atoms with Gasteiger partial charge in [-0.05, 0) is 27.2 Å². The van der Waals surface area contributed by atoms with Gasteiger partial charge in [-0.3, -0.25) is 9.59 Å². The number of likely N-dealkylation sites (tertiary alicyclic amines) is 1. The molecule has 0 aromatic heterocycles. The van der Waals surface area contributed by atoms with Gasteiger partial charge in [-0.1, -0.05) is 0 Å². The molecule has 1 rings (SSSR count). The lowest BCUT2D eigenvalue weighted by Gasteiger charge is -2.32. The van der Waals surface area contributed by atoms with E-state index in [-0.39, 0.29) is 24.7 Å². The van der Waals surface area contributed by atoms with Crippen LogP contribution in [0.1, 0.15) is 33.6 Å². The molecule has 0 N–H and O–H groups in total. The van der Waals surface area contributed by atoms with Gasteiger partial charge in [-0.15, -0.1) is 0 Å². The highest BCUT2D eigenvalue weighted by atomic mass is 16.6. The maximum absolute atomic E-state index is 11.9. The first kappa shape index (κ1) is 15.5. The molecule has 1 saturated heterocycles. The molecule has 6 heteroatoms. The molecular weight excluding hydrogens is 250 g/mol. The Labute approximate surface area is 113 Å². The molecule has 108 valence electrons. The van der Waals surface area contributed by atoms with Crippen molar-refractivity contribution in [2.75, 3.05) is 20.2 Å². The molecule has 0 aliphatic carbocycles. The van der Waals surface area contributed by atoms with E-state index in [1.807, 2.05) is 0 Å². The second-order valence-corrected chi connectivity index (χ2v) is 5.63. The number of hydrogen-bond acceptors (Lipinski definition) is 5. The molecule has 1 heterocycles. The standard InChI is InChI=1S/C13H21NO5/c1-13(2,3)19-12(17)14-6-5-9(10(15)8-14)7-11(16)18-4/h9H,5-8H2,1-4H3. The molecule has 1 aliphatic rings. The minimum atomic E-state index is -0.580. The van der Waals surface area contributed by atoms with Crippen LogP contribution in [0.15, 0.2) is 0 Å². The van der Waals surface area contributed by atoms with Crippen molar-refractivity contribution in [2.45, 2.75) is 39.2 Å². The molecule has 6 nitrogen and oxygen atoms in total. The predicted molar refractivity (Wildman–Crippen MR) is 67.6 cm³/mol. The highest BCUT2D eigenvalue weighted by Crippen LogP contribution is 2.20. The van der Waals surface area contributed by atoms with Crippen molar-refractivity contribution in [1.29, 1.82) is 0 Å². The number of esters is 1. The smallest absolute Gasteiger partial charge is 0.410 e. The van der Waals surface area contributed by atoms with Crippen LogP contribution in [0, 0.1) is 5.92 Å². The number of Topliss-reactive ketones (excluding diaryl/α,β-unsaturated/α-hetero) is 1. The Kier molecular flexibility index (Phi) is 4.91. The lowest BCUT2D eigenvalue weighted by atomic mass is 9.92. The molecule has 19 heavy (non-hydrogen) atoms. The quantitative estimate of drug-likeness (QED) is 0.709. The highest BCUT2D eigenvalue weighted by molar-refractivity contribution is 5.89. The van der Waals surface area contributed by atoms with E-state index in [9.17, 15) is 14.4 Å². The fraction of sp³-hybridized carbons (Fsp3) is 0.769. The Morgan fingerprint density at radius 1 is 1.37 bits per heavy atom. The van der Waals surface area contributed by atoms with Crippen LogP contribution in [0.5, 0.6) is 0 Å². The molecule has 1 atom stereocenters. The van der Waals surface area contributed by atoms with Gasteiger partial charge in [-0.25, -0.2) is 4.79 Å². The zero-order valence-corrected chi connectivity index (χ0v) is 11.9. The van der Waals surface area contributed by atoms with Crippen LogP contribution in [0.4, 0.5) is 4.79 Å². The Morgan fingerprint density at radius 3 is 2.47 bits per heavy atom. The molecule has 1 unspecified atom stereocenters. The van der Waals surface area contributed by atoms with Crippen molar-refractivity contribution < 1.29 is 23.9 Å². The summed E-state index contributed by atoms with van der Waals surface area (Å²) in [5.41, 5.74) is -0.580.